The Morgan fingerprint density at radius 1 is 1.13 bits per heavy atom. The van der Waals surface area contributed by atoms with Crippen LogP contribution in [0.5, 0.6) is 0 Å². The van der Waals surface area contributed by atoms with Crippen LogP contribution < -0.4 is 0 Å². The van der Waals surface area contributed by atoms with Crippen LogP contribution in [-0.4, -0.2) is 51.4 Å². The molecule has 0 radical (unpaired) electrons. The van der Waals surface area contributed by atoms with Gasteiger partial charge in [0, 0.05) is 43.8 Å². The van der Waals surface area contributed by atoms with Crippen LogP contribution in [0.25, 0.3) is 10.9 Å². The molecule has 0 unspecified atom stereocenters. The predicted octanol–water partition coefficient (Wildman–Crippen LogP) is 3.47. The van der Waals surface area contributed by atoms with Gasteiger partial charge in [-0.1, -0.05) is 6.07 Å². The van der Waals surface area contributed by atoms with Crippen molar-refractivity contribution in [1.82, 2.24) is 14.4 Å². The number of likely N-dealkylation sites (tertiary alicyclic amines) is 2. The highest BCUT2D eigenvalue weighted by atomic mass is 16.2. The van der Waals surface area contributed by atoms with Crippen molar-refractivity contribution < 1.29 is 9.59 Å². The molecule has 30 heavy (non-hydrogen) atoms. The molecule has 158 valence electrons. The van der Waals surface area contributed by atoms with Crippen molar-refractivity contribution in [3.05, 3.63) is 35.5 Å². The molecule has 2 aromatic rings. The Balaban J connectivity index is 1.49. The fourth-order valence-corrected chi connectivity index (χ4v) is 5.29. The topological polar surface area (TPSA) is 69.3 Å². The van der Waals surface area contributed by atoms with E-state index in [4.69, 9.17) is 0 Å². The molecule has 2 fully saturated rings. The lowest BCUT2D eigenvalue weighted by Gasteiger charge is -2.31. The minimum absolute atomic E-state index is 0.00537. The summed E-state index contributed by atoms with van der Waals surface area (Å²) in [5.41, 5.74) is 3.04. The lowest BCUT2D eigenvalue weighted by atomic mass is 10.1. The van der Waals surface area contributed by atoms with Crippen molar-refractivity contribution in [3.63, 3.8) is 0 Å². The molecule has 1 aromatic heterocycles. The molecule has 0 aliphatic carbocycles. The first-order valence-corrected chi connectivity index (χ1v) is 11.1. The lowest BCUT2D eigenvalue weighted by molar-refractivity contribution is -0.143. The number of nitrogens with zero attached hydrogens (tertiary/aromatic N) is 4. The number of amides is 2. The van der Waals surface area contributed by atoms with Crippen LogP contribution in [0.3, 0.4) is 0 Å². The van der Waals surface area contributed by atoms with Gasteiger partial charge >= 0.3 is 0 Å². The summed E-state index contributed by atoms with van der Waals surface area (Å²) >= 11 is 0. The number of fused-ring (bicyclic) bond motifs is 1. The fraction of sp³-hybridized carbons (Fsp3) is 0.542. The fourth-order valence-electron chi connectivity index (χ4n) is 5.29. The number of rotatable bonds is 5. The molecule has 6 heteroatoms. The van der Waals surface area contributed by atoms with E-state index in [0.29, 0.717) is 12.1 Å². The standard InChI is InChI=1S/C24H30N4O2/c1-3-26-21(15-19-9-8-18(16-25)14-23(19)26)11-10-20-6-4-13-28(20)24(30)22-7-5-12-27(22)17(2)29/h8-9,14-15,20,22H,3-7,10-13H2,1-2H3/t20-,22+/m0/s1. The number of benzene rings is 1. The van der Waals surface area contributed by atoms with Crippen LogP contribution >= 0.6 is 0 Å². The third kappa shape index (κ3) is 3.69. The molecule has 2 aliphatic heterocycles. The molecule has 2 saturated heterocycles. The van der Waals surface area contributed by atoms with E-state index in [9.17, 15) is 14.9 Å². The second-order valence-corrected chi connectivity index (χ2v) is 8.50. The summed E-state index contributed by atoms with van der Waals surface area (Å²) in [7, 11) is 0. The number of nitriles is 1. The number of carbonyl (C=O) groups is 2. The van der Waals surface area contributed by atoms with Gasteiger partial charge < -0.3 is 14.4 Å². The smallest absolute Gasteiger partial charge is 0.245 e. The van der Waals surface area contributed by atoms with Crippen LogP contribution in [0.2, 0.25) is 0 Å². The van der Waals surface area contributed by atoms with Gasteiger partial charge in [0.1, 0.15) is 6.04 Å². The molecular formula is C24H30N4O2. The number of aromatic nitrogens is 1. The third-order valence-corrected chi connectivity index (χ3v) is 6.77. The second-order valence-electron chi connectivity index (χ2n) is 8.50. The largest absolute Gasteiger partial charge is 0.345 e. The monoisotopic (exact) mass is 406 g/mol. The SMILES string of the molecule is CCn1c(CC[C@@H]2CCCN2C(=O)[C@H]2CCCN2C(C)=O)cc2ccc(C#N)cc21. The van der Waals surface area contributed by atoms with E-state index in [1.807, 2.05) is 23.1 Å². The third-order valence-electron chi connectivity index (χ3n) is 6.77. The number of carbonyl (C=O) groups excluding carboxylic acids is 2. The summed E-state index contributed by atoms with van der Waals surface area (Å²) < 4.78 is 2.28. The Morgan fingerprint density at radius 3 is 2.63 bits per heavy atom. The first kappa shape index (κ1) is 20.5. The average molecular weight is 407 g/mol. The Hall–Kier alpha value is -2.81. The zero-order chi connectivity index (χ0) is 21.3. The van der Waals surface area contributed by atoms with Gasteiger partial charge in [-0.2, -0.15) is 5.26 Å². The predicted molar refractivity (Wildman–Crippen MR) is 116 cm³/mol. The zero-order valence-corrected chi connectivity index (χ0v) is 17.9. The van der Waals surface area contributed by atoms with E-state index in [1.54, 1.807) is 11.8 Å². The Morgan fingerprint density at radius 2 is 1.90 bits per heavy atom. The van der Waals surface area contributed by atoms with Crippen molar-refractivity contribution in [1.29, 1.82) is 5.26 Å². The maximum absolute atomic E-state index is 13.2. The van der Waals surface area contributed by atoms with Gasteiger partial charge in [0.25, 0.3) is 0 Å². The van der Waals surface area contributed by atoms with Crippen LogP contribution in [0.4, 0.5) is 0 Å². The van der Waals surface area contributed by atoms with E-state index in [-0.39, 0.29) is 23.9 Å². The molecule has 4 rings (SSSR count). The van der Waals surface area contributed by atoms with Gasteiger partial charge in [-0.05, 0) is 69.0 Å². The van der Waals surface area contributed by atoms with Gasteiger partial charge in [0.05, 0.1) is 11.6 Å². The quantitative estimate of drug-likeness (QED) is 0.763. The van der Waals surface area contributed by atoms with E-state index in [0.717, 1.165) is 62.5 Å². The highest BCUT2D eigenvalue weighted by Gasteiger charge is 2.38. The first-order chi connectivity index (χ1) is 14.5. The minimum atomic E-state index is -0.269. The molecule has 2 atom stereocenters. The molecule has 2 aliphatic rings. The zero-order valence-electron chi connectivity index (χ0n) is 17.9. The summed E-state index contributed by atoms with van der Waals surface area (Å²) in [6.07, 6.45) is 5.59. The van der Waals surface area contributed by atoms with Crippen LogP contribution in [-0.2, 0) is 22.6 Å². The Labute approximate surface area is 178 Å². The molecular weight excluding hydrogens is 376 g/mol. The van der Waals surface area contributed by atoms with E-state index >= 15 is 0 Å². The number of aryl methyl sites for hydroxylation is 2. The molecule has 1 aromatic carbocycles. The van der Waals surface area contributed by atoms with Gasteiger partial charge in [0.15, 0.2) is 0 Å². The second kappa shape index (κ2) is 8.51. The first-order valence-electron chi connectivity index (χ1n) is 11.1. The number of hydrogen-bond donors (Lipinski definition) is 0. The van der Waals surface area contributed by atoms with Crippen LogP contribution in [0.15, 0.2) is 24.3 Å². The van der Waals surface area contributed by atoms with Crippen molar-refractivity contribution >= 4 is 22.7 Å². The van der Waals surface area contributed by atoms with Crippen molar-refractivity contribution in [2.45, 2.75) is 71.0 Å². The van der Waals surface area contributed by atoms with Gasteiger partial charge in [-0.3, -0.25) is 9.59 Å². The van der Waals surface area contributed by atoms with Crippen LogP contribution in [0, 0.1) is 11.3 Å². The highest BCUT2D eigenvalue weighted by molar-refractivity contribution is 5.88. The van der Waals surface area contributed by atoms with Gasteiger partial charge in [-0.25, -0.2) is 0 Å². The molecule has 2 amide bonds. The number of hydrogen-bond acceptors (Lipinski definition) is 3. The van der Waals surface area contributed by atoms with Gasteiger partial charge in [-0.15, -0.1) is 0 Å². The van der Waals surface area contributed by atoms with Crippen LogP contribution in [0.1, 0.15) is 57.2 Å². The van der Waals surface area contributed by atoms with Crippen molar-refractivity contribution in [2.24, 2.45) is 0 Å². The maximum atomic E-state index is 13.2. The summed E-state index contributed by atoms with van der Waals surface area (Å²) in [6, 6.07) is 10.3. The summed E-state index contributed by atoms with van der Waals surface area (Å²) in [6.45, 7) is 6.05. The summed E-state index contributed by atoms with van der Waals surface area (Å²) in [5.74, 6) is 0.144. The summed E-state index contributed by atoms with van der Waals surface area (Å²) in [4.78, 5) is 28.9. The van der Waals surface area contributed by atoms with Crippen molar-refractivity contribution in [2.75, 3.05) is 13.1 Å². The maximum Gasteiger partial charge on any atom is 0.245 e. The Bertz CT molecular complexity index is 1000. The molecule has 6 nitrogen and oxygen atoms in total. The van der Waals surface area contributed by atoms with Crippen molar-refractivity contribution in [3.8, 4) is 6.07 Å². The van der Waals surface area contributed by atoms with Gasteiger partial charge in [0.2, 0.25) is 11.8 Å². The lowest BCUT2D eigenvalue weighted by Crippen LogP contribution is -2.48. The minimum Gasteiger partial charge on any atom is -0.345 e. The van der Waals surface area contributed by atoms with E-state index < -0.39 is 0 Å². The Kier molecular flexibility index (Phi) is 5.80. The van der Waals surface area contributed by atoms with E-state index in [2.05, 4.69) is 23.6 Å². The molecule has 0 N–H and O–H groups in total. The molecule has 0 bridgehead atoms. The summed E-state index contributed by atoms with van der Waals surface area (Å²) in [5, 5.41) is 10.4. The molecule has 0 saturated carbocycles. The van der Waals surface area contributed by atoms with E-state index in [1.165, 1.54) is 5.69 Å². The molecule has 0 spiro atoms. The highest BCUT2D eigenvalue weighted by Crippen LogP contribution is 2.28. The molecule has 3 heterocycles. The normalized spacial score (nSPS) is 21.4. The average Bonchev–Trinajstić information content (AvgIpc) is 3.48.